The lowest BCUT2D eigenvalue weighted by Crippen LogP contribution is -2.03. The molecule has 0 unspecified atom stereocenters. The van der Waals surface area contributed by atoms with Gasteiger partial charge in [0.15, 0.2) is 0 Å². The molecule has 0 aliphatic carbocycles. The third-order valence-electron chi connectivity index (χ3n) is 10.2. The molecule has 0 bridgehead atoms. The molecule has 6 aromatic carbocycles. The SMILES string of the molecule is Cc1cc(C)c2c(c1)n1c3ccccc3cc1n2-c1cc(-c2ccccc2)cc(-n2c3c(C)cc(C)cc3n3c4ccccc4cc23)c1Cl. The molecule has 5 heteroatoms. The lowest BCUT2D eigenvalue weighted by Gasteiger charge is -2.18. The minimum absolute atomic E-state index is 0.703. The molecule has 4 nitrogen and oxygen atoms in total. The van der Waals surface area contributed by atoms with Crippen molar-refractivity contribution < 1.29 is 0 Å². The smallest absolute Gasteiger partial charge is 0.123 e. The number of nitrogens with zero attached hydrogens (tertiary/aromatic N) is 4. The molecule has 49 heavy (non-hydrogen) atoms. The Labute approximate surface area is 288 Å². The second-order valence-corrected chi connectivity index (χ2v) is 13.9. The van der Waals surface area contributed by atoms with Gasteiger partial charge in [-0.3, -0.25) is 17.9 Å². The van der Waals surface area contributed by atoms with Gasteiger partial charge in [-0.25, -0.2) is 0 Å². The normalized spacial score (nSPS) is 12.2. The van der Waals surface area contributed by atoms with Crippen LogP contribution in [0.1, 0.15) is 22.3 Å². The summed E-state index contributed by atoms with van der Waals surface area (Å²) in [6.07, 6.45) is 0. The largest absolute Gasteiger partial charge is 0.293 e. The molecule has 0 N–H and O–H groups in total. The van der Waals surface area contributed by atoms with Gasteiger partial charge in [-0.15, -0.1) is 0 Å². The first-order valence-corrected chi connectivity index (χ1v) is 17.2. The van der Waals surface area contributed by atoms with Crippen molar-refractivity contribution in [1.82, 2.24) is 17.9 Å². The molecule has 0 fully saturated rings. The molecule has 10 rings (SSSR count). The zero-order chi connectivity index (χ0) is 33.1. The van der Waals surface area contributed by atoms with E-state index in [-0.39, 0.29) is 0 Å². The number of hydrogen-bond donors (Lipinski definition) is 0. The van der Waals surface area contributed by atoms with Crippen molar-refractivity contribution in [3.63, 3.8) is 0 Å². The Kier molecular flexibility index (Phi) is 5.86. The molecule has 0 saturated heterocycles. The van der Waals surface area contributed by atoms with Crippen molar-refractivity contribution in [2.45, 2.75) is 27.7 Å². The van der Waals surface area contributed by atoms with Crippen LogP contribution in [0.15, 0.2) is 127 Å². The summed E-state index contributed by atoms with van der Waals surface area (Å²) < 4.78 is 9.56. The van der Waals surface area contributed by atoms with E-state index in [1.54, 1.807) is 0 Å². The van der Waals surface area contributed by atoms with Crippen molar-refractivity contribution in [2.75, 3.05) is 0 Å². The highest BCUT2D eigenvalue weighted by Gasteiger charge is 2.25. The minimum Gasteiger partial charge on any atom is -0.293 e. The third kappa shape index (κ3) is 3.92. The van der Waals surface area contributed by atoms with Crippen molar-refractivity contribution in [2.24, 2.45) is 0 Å². The lowest BCUT2D eigenvalue weighted by atomic mass is 10.0. The molecule has 0 spiro atoms. The second kappa shape index (κ2) is 10.1. The number of halogens is 1. The van der Waals surface area contributed by atoms with Gasteiger partial charge in [0.1, 0.15) is 11.3 Å². The van der Waals surface area contributed by atoms with Gasteiger partial charge in [-0.05, 0) is 110 Å². The van der Waals surface area contributed by atoms with Gasteiger partial charge >= 0.3 is 0 Å². The summed E-state index contributed by atoms with van der Waals surface area (Å²) in [6.45, 7) is 8.78. The zero-order valence-electron chi connectivity index (χ0n) is 27.8. The summed E-state index contributed by atoms with van der Waals surface area (Å²) in [6, 6.07) is 46.2. The van der Waals surface area contributed by atoms with Crippen LogP contribution in [-0.4, -0.2) is 17.9 Å². The molecular formula is C44H33ClN4. The fraction of sp³-hybridized carbons (Fsp3) is 0.0909. The van der Waals surface area contributed by atoms with Crippen LogP contribution < -0.4 is 0 Å². The number of hydrogen-bond acceptors (Lipinski definition) is 0. The van der Waals surface area contributed by atoms with Crippen molar-refractivity contribution in [3.05, 3.63) is 155 Å². The number of rotatable bonds is 3. The average Bonchev–Trinajstić information content (AvgIpc) is 3.82. The van der Waals surface area contributed by atoms with Crippen LogP contribution in [-0.2, 0) is 0 Å². The summed E-state index contributed by atoms with van der Waals surface area (Å²) in [5.41, 5.74) is 18.3. The van der Waals surface area contributed by atoms with E-state index < -0.39 is 0 Å². The van der Waals surface area contributed by atoms with Crippen LogP contribution >= 0.6 is 11.6 Å². The number of para-hydroxylation sites is 2. The third-order valence-corrected chi connectivity index (χ3v) is 10.6. The first-order valence-electron chi connectivity index (χ1n) is 16.8. The first-order chi connectivity index (χ1) is 23.9. The van der Waals surface area contributed by atoms with Crippen LogP contribution in [0.25, 0.3) is 77.7 Å². The molecular weight excluding hydrogens is 620 g/mol. The van der Waals surface area contributed by atoms with E-state index >= 15 is 0 Å². The number of benzene rings is 6. The second-order valence-electron chi connectivity index (χ2n) is 13.6. The van der Waals surface area contributed by atoms with E-state index in [2.05, 4.69) is 173 Å². The lowest BCUT2D eigenvalue weighted by molar-refractivity contribution is 1.10. The monoisotopic (exact) mass is 652 g/mol. The molecule has 0 saturated carbocycles. The van der Waals surface area contributed by atoms with Crippen LogP contribution in [0.5, 0.6) is 0 Å². The standard InChI is InChI=1S/C44H33ClN4/c1-26-18-28(3)43-38(20-26)46-34-16-10-8-14-31(34)24-40(46)48(43)36-22-33(30-12-6-5-7-13-30)23-37(42(36)45)49-41-25-32-15-9-11-17-35(32)47(41)39-21-27(2)19-29(4)44(39)49/h5-25H,1-4H3. The highest BCUT2D eigenvalue weighted by Crippen LogP contribution is 2.42. The van der Waals surface area contributed by atoms with Crippen molar-refractivity contribution in [3.8, 4) is 22.5 Å². The van der Waals surface area contributed by atoms with E-state index in [4.69, 9.17) is 11.6 Å². The summed E-state index contributed by atoms with van der Waals surface area (Å²) in [7, 11) is 0. The number of imidazole rings is 2. The molecule has 4 aromatic heterocycles. The van der Waals surface area contributed by atoms with Gasteiger partial charge in [-0.2, -0.15) is 0 Å². The van der Waals surface area contributed by atoms with E-state index in [1.807, 2.05) is 0 Å². The van der Waals surface area contributed by atoms with E-state index in [1.165, 1.54) is 55.1 Å². The number of fused-ring (bicyclic) bond motifs is 10. The van der Waals surface area contributed by atoms with Crippen molar-refractivity contribution >= 4 is 66.8 Å². The van der Waals surface area contributed by atoms with E-state index in [9.17, 15) is 0 Å². The topological polar surface area (TPSA) is 18.7 Å². The Hall–Kier alpha value is -5.71. The fourth-order valence-electron chi connectivity index (χ4n) is 8.35. The predicted octanol–water partition coefficient (Wildman–Crippen LogP) is 11.9. The van der Waals surface area contributed by atoms with Gasteiger partial charge in [-0.1, -0.05) is 90.5 Å². The van der Waals surface area contributed by atoms with Gasteiger partial charge in [0.25, 0.3) is 0 Å². The van der Waals surface area contributed by atoms with Crippen LogP contribution in [0.2, 0.25) is 5.02 Å². The molecule has 10 aromatic rings. The summed E-state index contributed by atoms with van der Waals surface area (Å²) in [5, 5.41) is 3.10. The Morgan fingerprint density at radius 2 is 0.878 bits per heavy atom. The minimum atomic E-state index is 0.703. The maximum atomic E-state index is 7.86. The van der Waals surface area contributed by atoms with E-state index in [0.717, 1.165) is 44.8 Å². The number of aromatic nitrogens is 4. The van der Waals surface area contributed by atoms with Crippen LogP contribution in [0.4, 0.5) is 0 Å². The van der Waals surface area contributed by atoms with Crippen molar-refractivity contribution in [1.29, 1.82) is 0 Å². The maximum absolute atomic E-state index is 7.86. The molecule has 0 atom stereocenters. The van der Waals surface area contributed by atoms with Crippen LogP contribution in [0, 0.1) is 27.7 Å². The predicted molar refractivity (Wildman–Crippen MR) is 206 cm³/mol. The number of aryl methyl sites for hydroxylation is 4. The highest BCUT2D eigenvalue weighted by atomic mass is 35.5. The zero-order valence-corrected chi connectivity index (χ0v) is 28.5. The Balaban J connectivity index is 1.41. The van der Waals surface area contributed by atoms with Gasteiger partial charge in [0, 0.05) is 10.8 Å². The molecule has 0 radical (unpaired) electrons. The summed E-state index contributed by atoms with van der Waals surface area (Å²) in [5.74, 6) is 0. The Morgan fingerprint density at radius 1 is 0.429 bits per heavy atom. The Bertz CT molecular complexity index is 2800. The molecule has 4 heterocycles. The van der Waals surface area contributed by atoms with Gasteiger partial charge in [0.05, 0.1) is 49.5 Å². The summed E-state index contributed by atoms with van der Waals surface area (Å²) in [4.78, 5) is 0. The highest BCUT2D eigenvalue weighted by molar-refractivity contribution is 6.35. The Morgan fingerprint density at radius 3 is 1.37 bits per heavy atom. The quantitative estimate of drug-likeness (QED) is 0.181. The fourth-order valence-corrected chi connectivity index (χ4v) is 8.63. The molecule has 0 aliphatic rings. The van der Waals surface area contributed by atoms with E-state index in [0.29, 0.717) is 5.02 Å². The average molecular weight is 653 g/mol. The molecule has 0 amide bonds. The molecule has 0 aliphatic heterocycles. The van der Waals surface area contributed by atoms with Crippen LogP contribution in [0.3, 0.4) is 0 Å². The van der Waals surface area contributed by atoms with Gasteiger partial charge in [0.2, 0.25) is 0 Å². The molecule has 236 valence electrons. The first kappa shape index (κ1) is 28.3. The van der Waals surface area contributed by atoms with Gasteiger partial charge < -0.3 is 0 Å². The summed E-state index contributed by atoms with van der Waals surface area (Å²) >= 11 is 7.86. The maximum Gasteiger partial charge on any atom is 0.123 e.